The average Bonchev–Trinajstić information content (AvgIpc) is 2.30. The topological polar surface area (TPSA) is 38.0 Å². The Bertz CT molecular complexity index is 347. The van der Waals surface area contributed by atoms with Gasteiger partial charge in [0, 0.05) is 6.04 Å². The SMILES string of the molecule is Cc1cc(C)cc(C(NN)C2CCCCC2)c1. The maximum Gasteiger partial charge on any atom is 0.0488 e. The summed E-state index contributed by atoms with van der Waals surface area (Å²) >= 11 is 0. The van der Waals surface area contributed by atoms with Gasteiger partial charge in [0.25, 0.3) is 0 Å². The van der Waals surface area contributed by atoms with E-state index in [0.717, 1.165) is 0 Å². The molecule has 1 aromatic rings. The first-order valence-electron chi connectivity index (χ1n) is 6.75. The first-order chi connectivity index (χ1) is 8.20. The van der Waals surface area contributed by atoms with E-state index in [0.29, 0.717) is 12.0 Å². The molecule has 0 aromatic heterocycles. The maximum atomic E-state index is 5.79. The molecule has 2 rings (SSSR count). The fraction of sp³-hybridized carbons (Fsp3) is 0.600. The molecule has 2 nitrogen and oxygen atoms in total. The van der Waals surface area contributed by atoms with Crippen molar-refractivity contribution in [3.63, 3.8) is 0 Å². The molecule has 1 fully saturated rings. The predicted molar refractivity (Wildman–Crippen MR) is 72.6 cm³/mol. The van der Waals surface area contributed by atoms with Crippen molar-refractivity contribution in [1.82, 2.24) is 5.43 Å². The molecule has 2 heteroatoms. The van der Waals surface area contributed by atoms with Crippen LogP contribution in [0.15, 0.2) is 18.2 Å². The molecule has 1 saturated carbocycles. The summed E-state index contributed by atoms with van der Waals surface area (Å²) in [7, 11) is 0. The first-order valence-corrected chi connectivity index (χ1v) is 6.75. The third-order valence-corrected chi connectivity index (χ3v) is 3.90. The van der Waals surface area contributed by atoms with E-state index in [2.05, 4.69) is 37.5 Å². The monoisotopic (exact) mass is 232 g/mol. The van der Waals surface area contributed by atoms with Gasteiger partial charge in [0.15, 0.2) is 0 Å². The summed E-state index contributed by atoms with van der Waals surface area (Å²) in [6, 6.07) is 7.09. The predicted octanol–water partition coefficient (Wildman–Crippen LogP) is 3.39. The van der Waals surface area contributed by atoms with E-state index in [1.807, 2.05) is 0 Å². The van der Waals surface area contributed by atoms with Gasteiger partial charge in [-0.2, -0.15) is 0 Å². The standard InChI is InChI=1S/C15H24N2/c1-11-8-12(2)10-14(9-11)15(17-16)13-6-4-3-5-7-13/h8-10,13,15,17H,3-7,16H2,1-2H3. The Morgan fingerprint density at radius 2 is 1.65 bits per heavy atom. The lowest BCUT2D eigenvalue weighted by atomic mass is 9.81. The van der Waals surface area contributed by atoms with E-state index in [1.165, 1.54) is 48.8 Å². The summed E-state index contributed by atoms with van der Waals surface area (Å²) in [4.78, 5) is 0. The second kappa shape index (κ2) is 5.65. The number of rotatable bonds is 3. The van der Waals surface area contributed by atoms with Crippen molar-refractivity contribution in [2.45, 2.75) is 52.0 Å². The number of nitrogens with two attached hydrogens (primary N) is 1. The number of benzene rings is 1. The molecule has 1 atom stereocenters. The highest BCUT2D eigenvalue weighted by molar-refractivity contribution is 5.31. The summed E-state index contributed by atoms with van der Waals surface area (Å²) in [5, 5.41) is 0. The molecular weight excluding hydrogens is 208 g/mol. The molecule has 0 amide bonds. The fourth-order valence-corrected chi connectivity index (χ4v) is 3.16. The fourth-order valence-electron chi connectivity index (χ4n) is 3.16. The summed E-state index contributed by atoms with van der Waals surface area (Å²) in [5.74, 6) is 6.49. The Labute approximate surface area is 105 Å². The van der Waals surface area contributed by atoms with Gasteiger partial charge in [-0.15, -0.1) is 0 Å². The van der Waals surface area contributed by atoms with Crippen LogP contribution in [0.3, 0.4) is 0 Å². The molecule has 1 aromatic carbocycles. The number of nitrogens with one attached hydrogen (secondary N) is 1. The van der Waals surface area contributed by atoms with Gasteiger partial charge in [0.1, 0.15) is 0 Å². The summed E-state index contributed by atoms with van der Waals surface area (Å²) in [6.45, 7) is 4.32. The second-order valence-electron chi connectivity index (χ2n) is 5.46. The van der Waals surface area contributed by atoms with Crippen molar-refractivity contribution in [1.29, 1.82) is 0 Å². The number of aryl methyl sites for hydroxylation is 2. The largest absolute Gasteiger partial charge is 0.271 e. The van der Waals surface area contributed by atoms with Crippen molar-refractivity contribution in [2.24, 2.45) is 11.8 Å². The Balaban J connectivity index is 2.21. The minimum atomic E-state index is 0.328. The van der Waals surface area contributed by atoms with E-state index >= 15 is 0 Å². The molecule has 0 bridgehead atoms. The zero-order valence-corrected chi connectivity index (χ0v) is 11.0. The molecular formula is C15H24N2. The van der Waals surface area contributed by atoms with Crippen LogP contribution in [0.2, 0.25) is 0 Å². The van der Waals surface area contributed by atoms with Crippen LogP contribution < -0.4 is 11.3 Å². The van der Waals surface area contributed by atoms with Gasteiger partial charge in [0.05, 0.1) is 0 Å². The van der Waals surface area contributed by atoms with Crippen LogP contribution in [-0.4, -0.2) is 0 Å². The van der Waals surface area contributed by atoms with Crippen LogP contribution in [0, 0.1) is 19.8 Å². The van der Waals surface area contributed by atoms with Gasteiger partial charge < -0.3 is 0 Å². The number of hydrazine groups is 1. The van der Waals surface area contributed by atoms with E-state index in [9.17, 15) is 0 Å². The second-order valence-corrected chi connectivity index (χ2v) is 5.46. The lowest BCUT2D eigenvalue weighted by Crippen LogP contribution is -2.34. The number of hydrogen-bond donors (Lipinski definition) is 2. The van der Waals surface area contributed by atoms with Crippen LogP contribution >= 0.6 is 0 Å². The maximum absolute atomic E-state index is 5.79. The van der Waals surface area contributed by atoms with Crippen LogP contribution in [0.5, 0.6) is 0 Å². The van der Waals surface area contributed by atoms with E-state index in [-0.39, 0.29) is 0 Å². The quantitative estimate of drug-likeness (QED) is 0.619. The highest BCUT2D eigenvalue weighted by Crippen LogP contribution is 2.34. The van der Waals surface area contributed by atoms with Gasteiger partial charge in [-0.05, 0) is 38.2 Å². The third-order valence-electron chi connectivity index (χ3n) is 3.90. The minimum Gasteiger partial charge on any atom is -0.271 e. The highest BCUT2D eigenvalue weighted by Gasteiger charge is 2.24. The van der Waals surface area contributed by atoms with Crippen molar-refractivity contribution in [3.8, 4) is 0 Å². The van der Waals surface area contributed by atoms with Crippen molar-refractivity contribution in [2.75, 3.05) is 0 Å². The molecule has 0 saturated heterocycles. The van der Waals surface area contributed by atoms with E-state index in [1.54, 1.807) is 0 Å². The van der Waals surface area contributed by atoms with E-state index < -0.39 is 0 Å². The zero-order chi connectivity index (χ0) is 12.3. The lowest BCUT2D eigenvalue weighted by molar-refractivity contribution is 0.273. The Hall–Kier alpha value is -0.860. The average molecular weight is 232 g/mol. The van der Waals surface area contributed by atoms with Crippen LogP contribution in [0.1, 0.15) is 54.8 Å². The molecule has 0 spiro atoms. The molecule has 1 aliphatic rings. The summed E-state index contributed by atoms with van der Waals surface area (Å²) in [5.41, 5.74) is 7.06. The first kappa shape index (κ1) is 12.6. The van der Waals surface area contributed by atoms with Gasteiger partial charge in [-0.25, -0.2) is 0 Å². The van der Waals surface area contributed by atoms with Crippen LogP contribution in [0.25, 0.3) is 0 Å². The van der Waals surface area contributed by atoms with Gasteiger partial charge in [-0.3, -0.25) is 11.3 Å². The normalized spacial score (nSPS) is 19.2. The molecule has 1 aliphatic carbocycles. The molecule has 94 valence electrons. The zero-order valence-electron chi connectivity index (χ0n) is 11.0. The summed E-state index contributed by atoms with van der Waals surface area (Å²) < 4.78 is 0. The number of hydrogen-bond acceptors (Lipinski definition) is 2. The lowest BCUT2D eigenvalue weighted by Gasteiger charge is -2.30. The van der Waals surface area contributed by atoms with Gasteiger partial charge >= 0.3 is 0 Å². The Morgan fingerprint density at radius 1 is 1.06 bits per heavy atom. The van der Waals surface area contributed by atoms with Gasteiger partial charge in [0.2, 0.25) is 0 Å². The van der Waals surface area contributed by atoms with Crippen LogP contribution in [0.4, 0.5) is 0 Å². The summed E-state index contributed by atoms with van der Waals surface area (Å²) in [6.07, 6.45) is 6.71. The van der Waals surface area contributed by atoms with Gasteiger partial charge in [-0.1, -0.05) is 48.6 Å². The highest BCUT2D eigenvalue weighted by atomic mass is 15.2. The smallest absolute Gasteiger partial charge is 0.0488 e. The third kappa shape index (κ3) is 3.08. The molecule has 0 heterocycles. The molecule has 3 N–H and O–H groups in total. The van der Waals surface area contributed by atoms with Crippen molar-refractivity contribution in [3.05, 3.63) is 34.9 Å². The Kier molecular flexibility index (Phi) is 4.19. The molecule has 1 unspecified atom stereocenters. The molecule has 17 heavy (non-hydrogen) atoms. The van der Waals surface area contributed by atoms with Crippen molar-refractivity contribution < 1.29 is 0 Å². The van der Waals surface area contributed by atoms with E-state index in [4.69, 9.17) is 5.84 Å². The molecule has 0 radical (unpaired) electrons. The Morgan fingerprint density at radius 3 is 2.18 bits per heavy atom. The van der Waals surface area contributed by atoms with Crippen molar-refractivity contribution >= 4 is 0 Å². The van der Waals surface area contributed by atoms with Crippen LogP contribution in [-0.2, 0) is 0 Å². The minimum absolute atomic E-state index is 0.328. The molecule has 0 aliphatic heterocycles.